The molecule has 0 aliphatic heterocycles. The van der Waals surface area contributed by atoms with Crippen molar-refractivity contribution in [3.63, 3.8) is 0 Å². The number of nitrogens with zero attached hydrogens (tertiary/aromatic N) is 1. The maximum Gasteiger partial charge on any atom is 0.411 e. The maximum absolute atomic E-state index is 12.8. The molecule has 1 heterocycles. The Balaban J connectivity index is 1.40. The van der Waals surface area contributed by atoms with Crippen LogP contribution >= 0.6 is 0 Å². The number of aromatic carboxylic acids is 1. The molecule has 0 fully saturated rings. The van der Waals surface area contributed by atoms with Crippen LogP contribution in [0.5, 0.6) is 0 Å². The zero-order valence-electron chi connectivity index (χ0n) is 17.6. The number of hydrogen-bond donors (Lipinski definition) is 2. The van der Waals surface area contributed by atoms with E-state index in [4.69, 9.17) is 4.74 Å². The number of fused-ring (bicyclic) bond motifs is 3. The van der Waals surface area contributed by atoms with Crippen LogP contribution in [-0.2, 0) is 4.74 Å². The second-order valence-electron chi connectivity index (χ2n) is 7.70. The standard InChI is InChI=1S/C27H20N2O4/c30-26(31)22-14-15-28-24(17-8-2-1-3-9-17)25(22)29-27(32)33-16-23-20-12-6-4-10-18(20)19-11-5-7-13-21(19)23/h1-15,23H,16H2,(H,29,32)(H,30,31). The van der Waals surface area contributed by atoms with Gasteiger partial charge in [0.2, 0.25) is 0 Å². The second kappa shape index (κ2) is 8.59. The monoisotopic (exact) mass is 436 g/mol. The lowest BCUT2D eigenvalue weighted by Crippen LogP contribution is -2.20. The number of carbonyl (C=O) groups excluding carboxylic acids is 1. The molecule has 5 rings (SSSR count). The van der Waals surface area contributed by atoms with E-state index in [0.29, 0.717) is 11.3 Å². The van der Waals surface area contributed by atoms with Crippen molar-refractivity contribution >= 4 is 17.7 Å². The Bertz CT molecular complexity index is 1310. The number of hydrogen-bond acceptors (Lipinski definition) is 4. The number of benzene rings is 3. The molecule has 6 nitrogen and oxygen atoms in total. The van der Waals surface area contributed by atoms with Crippen LogP contribution in [0.25, 0.3) is 22.4 Å². The van der Waals surface area contributed by atoms with Crippen LogP contribution in [0, 0.1) is 0 Å². The number of rotatable bonds is 5. The first-order valence-electron chi connectivity index (χ1n) is 10.5. The lowest BCUT2D eigenvalue weighted by Gasteiger charge is -2.16. The highest BCUT2D eigenvalue weighted by Crippen LogP contribution is 2.44. The molecule has 0 atom stereocenters. The molecule has 0 bridgehead atoms. The topological polar surface area (TPSA) is 88.5 Å². The first kappa shape index (κ1) is 20.5. The molecule has 0 saturated heterocycles. The molecule has 0 unspecified atom stereocenters. The molecule has 1 amide bonds. The summed E-state index contributed by atoms with van der Waals surface area (Å²) in [5.74, 6) is -1.26. The number of carboxylic acids is 1. The van der Waals surface area contributed by atoms with Crippen LogP contribution in [0.3, 0.4) is 0 Å². The zero-order chi connectivity index (χ0) is 22.8. The van der Waals surface area contributed by atoms with Gasteiger partial charge in [0.25, 0.3) is 0 Å². The van der Waals surface area contributed by atoms with E-state index >= 15 is 0 Å². The number of carbonyl (C=O) groups is 2. The fourth-order valence-electron chi connectivity index (χ4n) is 4.32. The van der Waals surface area contributed by atoms with Crippen molar-refractivity contribution in [1.29, 1.82) is 0 Å². The minimum Gasteiger partial charge on any atom is -0.478 e. The Kier molecular flexibility index (Phi) is 5.32. The lowest BCUT2D eigenvalue weighted by molar-refractivity contribution is 0.0698. The van der Waals surface area contributed by atoms with Gasteiger partial charge in [0.15, 0.2) is 0 Å². The van der Waals surface area contributed by atoms with Crippen LogP contribution in [-0.4, -0.2) is 28.8 Å². The van der Waals surface area contributed by atoms with Gasteiger partial charge in [-0.2, -0.15) is 0 Å². The SMILES string of the molecule is O=C(Nc1c(C(=O)O)ccnc1-c1ccccc1)OCC1c2ccccc2-c2ccccc21. The Labute approximate surface area is 190 Å². The van der Waals surface area contributed by atoms with E-state index in [-0.39, 0.29) is 23.8 Å². The van der Waals surface area contributed by atoms with Crippen molar-refractivity contribution in [2.75, 3.05) is 11.9 Å². The normalized spacial score (nSPS) is 12.0. The van der Waals surface area contributed by atoms with Crippen molar-refractivity contribution in [3.05, 3.63) is 108 Å². The fourth-order valence-corrected chi connectivity index (χ4v) is 4.32. The van der Waals surface area contributed by atoms with Crippen molar-refractivity contribution in [3.8, 4) is 22.4 Å². The van der Waals surface area contributed by atoms with E-state index in [1.54, 1.807) is 12.1 Å². The summed E-state index contributed by atoms with van der Waals surface area (Å²) >= 11 is 0. The Morgan fingerprint density at radius 2 is 1.45 bits per heavy atom. The third-order valence-corrected chi connectivity index (χ3v) is 5.80. The number of carboxylic acid groups (broad SMARTS) is 1. The number of amides is 1. The zero-order valence-corrected chi connectivity index (χ0v) is 17.6. The van der Waals surface area contributed by atoms with Crippen molar-refractivity contribution in [1.82, 2.24) is 4.98 Å². The number of anilines is 1. The minimum absolute atomic E-state index is 0.0580. The van der Waals surface area contributed by atoms with Gasteiger partial charge in [-0.15, -0.1) is 0 Å². The van der Waals surface area contributed by atoms with Gasteiger partial charge in [-0.1, -0.05) is 78.9 Å². The Morgan fingerprint density at radius 1 is 0.848 bits per heavy atom. The van der Waals surface area contributed by atoms with Crippen LogP contribution in [0.1, 0.15) is 27.4 Å². The molecule has 3 aromatic carbocycles. The molecule has 1 aliphatic carbocycles. The quantitative estimate of drug-likeness (QED) is 0.412. The van der Waals surface area contributed by atoms with Crippen molar-refractivity contribution in [2.45, 2.75) is 5.92 Å². The Morgan fingerprint density at radius 3 is 2.09 bits per heavy atom. The molecular weight excluding hydrogens is 416 g/mol. The van der Waals surface area contributed by atoms with Gasteiger partial charge in [-0.05, 0) is 28.3 Å². The smallest absolute Gasteiger partial charge is 0.411 e. The van der Waals surface area contributed by atoms with E-state index in [1.165, 1.54) is 12.3 Å². The lowest BCUT2D eigenvalue weighted by atomic mass is 9.98. The van der Waals surface area contributed by atoms with E-state index < -0.39 is 12.1 Å². The second-order valence-corrected chi connectivity index (χ2v) is 7.70. The van der Waals surface area contributed by atoms with E-state index in [2.05, 4.69) is 22.4 Å². The van der Waals surface area contributed by atoms with Gasteiger partial charge in [0.05, 0.1) is 16.9 Å². The summed E-state index contributed by atoms with van der Waals surface area (Å²) in [6, 6.07) is 26.6. The predicted octanol–water partition coefficient (Wildman–Crippen LogP) is 5.81. The molecule has 4 aromatic rings. The van der Waals surface area contributed by atoms with Gasteiger partial charge < -0.3 is 9.84 Å². The summed E-state index contributed by atoms with van der Waals surface area (Å²) in [6.07, 6.45) is 0.679. The number of pyridine rings is 1. The molecule has 33 heavy (non-hydrogen) atoms. The highest BCUT2D eigenvalue weighted by Gasteiger charge is 2.29. The number of aromatic nitrogens is 1. The summed E-state index contributed by atoms with van der Waals surface area (Å²) in [6.45, 7) is 0.128. The van der Waals surface area contributed by atoms with Gasteiger partial charge in [0.1, 0.15) is 6.61 Å². The van der Waals surface area contributed by atoms with E-state index in [1.807, 2.05) is 54.6 Å². The van der Waals surface area contributed by atoms with Crippen molar-refractivity contribution < 1.29 is 19.4 Å². The van der Waals surface area contributed by atoms with Gasteiger partial charge in [-0.25, -0.2) is 9.59 Å². The summed E-state index contributed by atoms with van der Waals surface area (Å²) < 4.78 is 5.60. The fraction of sp³-hybridized carbons (Fsp3) is 0.0741. The summed E-state index contributed by atoms with van der Waals surface area (Å²) in [5.41, 5.74) is 5.57. The average Bonchev–Trinajstić information content (AvgIpc) is 3.17. The molecule has 162 valence electrons. The maximum atomic E-state index is 12.8. The molecule has 1 aliphatic rings. The third-order valence-electron chi connectivity index (χ3n) is 5.80. The first-order valence-corrected chi connectivity index (χ1v) is 10.5. The molecular formula is C27H20N2O4. The number of ether oxygens (including phenoxy) is 1. The largest absolute Gasteiger partial charge is 0.478 e. The molecule has 0 spiro atoms. The number of nitrogens with one attached hydrogen (secondary N) is 1. The predicted molar refractivity (Wildman–Crippen MR) is 125 cm³/mol. The molecule has 2 N–H and O–H groups in total. The van der Waals surface area contributed by atoms with Gasteiger partial charge >= 0.3 is 12.1 Å². The molecule has 6 heteroatoms. The highest BCUT2D eigenvalue weighted by molar-refractivity contribution is 6.02. The summed E-state index contributed by atoms with van der Waals surface area (Å²) in [4.78, 5) is 28.9. The van der Waals surface area contributed by atoms with Crippen molar-refractivity contribution in [2.24, 2.45) is 0 Å². The van der Waals surface area contributed by atoms with Crippen LogP contribution in [0.15, 0.2) is 91.1 Å². The van der Waals surface area contributed by atoms with E-state index in [9.17, 15) is 14.7 Å². The average molecular weight is 436 g/mol. The molecule has 0 radical (unpaired) electrons. The molecule has 1 aromatic heterocycles. The van der Waals surface area contributed by atoms with Gasteiger partial charge in [-0.3, -0.25) is 10.3 Å². The third kappa shape index (κ3) is 3.83. The van der Waals surface area contributed by atoms with Gasteiger partial charge in [0, 0.05) is 17.7 Å². The Hall–Kier alpha value is -4.45. The molecule has 0 saturated carbocycles. The van der Waals surface area contributed by atoms with E-state index in [0.717, 1.165) is 22.3 Å². The van der Waals surface area contributed by atoms with Crippen LogP contribution in [0.2, 0.25) is 0 Å². The van der Waals surface area contributed by atoms with Crippen LogP contribution in [0.4, 0.5) is 10.5 Å². The minimum atomic E-state index is -1.16. The summed E-state index contributed by atoms with van der Waals surface area (Å²) in [7, 11) is 0. The highest BCUT2D eigenvalue weighted by atomic mass is 16.5. The summed E-state index contributed by atoms with van der Waals surface area (Å²) in [5, 5.41) is 12.3. The first-order chi connectivity index (χ1) is 16.1. The van der Waals surface area contributed by atoms with Crippen LogP contribution < -0.4 is 5.32 Å².